The summed E-state index contributed by atoms with van der Waals surface area (Å²) in [6.07, 6.45) is 11.0. The minimum atomic E-state index is 0.225. The van der Waals surface area contributed by atoms with E-state index < -0.39 is 0 Å². The summed E-state index contributed by atoms with van der Waals surface area (Å²) >= 11 is 7.10. The van der Waals surface area contributed by atoms with Gasteiger partial charge in [-0.1, -0.05) is 64.8 Å². The molecule has 264 valence electrons. The number of aryl methyl sites for hydroxylation is 3. The van der Waals surface area contributed by atoms with Crippen molar-refractivity contribution in [3.05, 3.63) is 74.8 Å². The lowest BCUT2D eigenvalue weighted by Gasteiger charge is -2.38. The van der Waals surface area contributed by atoms with Crippen molar-refractivity contribution >= 4 is 28.7 Å². The van der Waals surface area contributed by atoms with Crippen LogP contribution < -0.4 is 10.6 Å². The second kappa shape index (κ2) is 16.0. The minimum absolute atomic E-state index is 0.225. The number of pyridine rings is 1. The number of rotatable bonds is 14. The van der Waals surface area contributed by atoms with Gasteiger partial charge in [0.2, 0.25) is 0 Å². The molecule has 2 N–H and O–H groups in total. The van der Waals surface area contributed by atoms with Gasteiger partial charge in [0, 0.05) is 56.2 Å². The second-order valence-electron chi connectivity index (χ2n) is 14.2. The maximum Gasteiger partial charge on any atom is 0.127 e. The first-order valence-corrected chi connectivity index (χ1v) is 18.9. The zero-order chi connectivity index (χ0) is 35.3. The van der Waals surface area contributed by atoms with E-state index in [1.165, 1.54) is 36.2 Å². The van der Waals surface area contributed by atoms with Crippen molar-refractivity contribution in [1.82, 2.24) is 24.6 Å². The van der Waals surface area contributed by atoms with Crippen LogP contribution in [0.15, 0.2) is 24.8 Å². The third kappa shape index (κ3) is 7.49. The highest BCUT2D eigenvalue weighted by atomic mass is 35.5. The normalized spacial score (nSPS) is 18.0. The molecule has 4 heterocycles. The number of hydrogen-bond donors (Lipinski definition) is 1. The van der Waals surface area contributed by atoms with Crippen molar-refractivity contribution < 1.29 is 0 Å². The predicted octanol–water partition coefficient (Wildman–Crippen LogP) is 8.02. The Morgan fingerprint density at radius 3 is 2.51 bits per heavy atom. The van der Waals surface area contributed by atoms with Crippen LogP contribution in [0.1, 0.15) is 118 Å². The zero-order valence-electron chi connectivity index (χ0n) is 30.8. The van der Waals surface area contributed by atoms with Gasteiger partial charge in [-0.2, -0.15) is 10.4 Å². The fourth-order valence-corrected chi connectivity index (χ4v) is 8.56. The van der Waals surface area contributed by atoms with Crippen LogP contribution >= 0.6 is 11.6 Å². The van der Waals surface area contributed by atoms with E-state index in [1.807, 2.05) is 25.1 Å². The number of halogens is 1. The molecular formula is C40H57ClN8. The number of anilines is 2. The number of benzene rings is 1. The maximum absolute atomic E-state index is 10.3. The maximum atomic E-state index is 10.3. The van der Waals surface area contributed by atoms with E-state index in [0.29, 0.717) is 29.2 Å². The van der Waals surface area contributed by atoms with E-state index in [4.69, 9.17) is 27.4 Å². The Balaban J connectivity index is 1.64. The Bertz CT molecular complexity index is 1680. The van der Waals surface area contributed by atoms with Gasteiger partial charge in [0.15, 0.2) is 0 Å². The number of nitrogen functional groups attached to an aromatic ring is 1. The Morgan fingerprint density at radius 1 is 1.06 bits per heavy atom. The van der Waals surface area contributed by atoms with Crippen molar-refractivity contribution in [2.24, 2.45) is 0 Å². The fraction of sp³-hybridized carbons (Fsp3) is 0.575. The number of nitrogens with two attached hydrogens (primary N) is 1. The van der Waals surface area contributed by atoms with Gasteiger partial charge in [-0.25, -0.2) is 0 Å². The molecule has 8 nitrogen and oxygen atoms in total. The van der Waals surface area contributed by atoms with Crippen LogP contribution in [0, 0.1) is 11.3 Å². The minimum Gasteiger partial charge on any atom is -0.398 e. The Kier molecular flexibility index (Phi) is 12.0. The number of likely N-dealkylation sites (tertiary alicyclic amines) is 1. The summed E-state index contributed by atoms with van der Waals surface area (Å²) < 4.78 is 2.09. The molecule has 1 aromatic carbocycles. The summed E-state index contributed by atoms with van der Waals surface area (Å²) in [5, 5.41) is 15.9. The van der Waals surface area contributed by atoms with Crippen LogP contribution in [-0.2, 0) is 38.8 Å². The number of nitriles is 1. The third-order valence-corrected chi connectivity index (χ3v) is 11.5. The van der Waals surface area contributed by atoms with Crippen LogP contribution in [0.2, 0.25) is 5.02 Å². The summed E-state index contributed by atoms with van der Waals surface area (Å²) in [5.74, 6) is 0. The quantitative estimate of drug-likeness (QED) is 0.172. The lowest BCUT2D eigenvalue weighted by Crippen LogP contribution is -2.43. The molecule has 3 aromatic rings. The largest absolute Gasteiger partial charge is 0.398 e. The predicted molar refractivity (Wildman–Crippen MR) is 204 cm³/mol. The van der Waals surface area contributed by atoms with Crippen molar-refractivity contribution in [3.63, 3.8) is 0 Å². The number of aromatic nitrogens is 3. The van der Waals surface area contributed by atoms with Crippen molar-refractivity contribution in [1.29, 1.82) is 5.26 Å². The summed E-state index contributed by atoms with van der Waals surface area (Å²) in [5.41, 5.74) is 17.3. The lowest BCUT2D eigenvalue weighted by atomic mass is 9.86. The first-order valence-electron chi connectivity index (χ1n) is 18.5. The van der Waals surface area contributed by atoms with E-state index in [1.54, 1.807) is 0 Å². The van der Waals surface area contributed by atoms with Crippen molar-refractivity contribution in [2.75, 3.05) is 44.4 Å². The van der Waals surface area contributed by atoms with Gasteiger partial charge in [-0.3, -0.25) is 14.6 Å². The molecule has 0 bridgehead atoms. The first-order chi connectivity index (χ1) is 23.6. The summed E-state index contributed by atoms with van der Waals surface area (Å²) in [6.45, 7) is 18.0. The molecule has 2 aromatic heterocycles. The topological polar surface area (TPSA) is 90.2 Å². The number of hydrogen-bond acceptors (Lipinski definition) is 7. The molecule has 0 spiro atoms. The van der Waals surface area contributed by atoms with Gasteiger partial charge >= 0.3 is 0 Å². The van der Waals surface area contributed by atoms with Gasteiger partial charge in [0.1, 0.15) is 11.8 Å². The van der Waals surface area contributed by atoms with Crippen LogP contribution in [0.25, 0.3) is 5.70 Å². The van der Waals surface area contributed by atoms with E-state index in [-0.39, 0.29) is 5.54 Å². The van der Waals surface area contributed by atoms with Crippen molar-refractivity contribution in [2.45, 2.75) is 117 Å². The highest BCUT2D eigenvalue weighted by Gasteiger charge is 2.38. The van der Waals surface area contributed by atoms with E-state index in [9.17, 15) is 5.26 Å². The van der Waals surface area contributed by atoms with Gasteiger partial charge in [-0.05, 0) is 93.3 Å². The molecule has 2 aliphatic heterocycles. The standard InChI is InChI=1S/C40H57ClN8/c1-8-14-29-16-17-34(43)33(26-42)32(29)25-35-31(15-9-2)36(24-30(44-35)18-20-40(10-3)19-12-22-48(40)11-4)47-21-13-23-49-37(27-47)38(41)39(45-49)28(5)46(6)7/h16-17,24H,5,8-15,18-23,25,27,43H2,1-4,6-7H3. The third-order valence-electron chi connectivity index (χ3n) is 11.1. The number of fused-ring (bicyclic) bond motifs is 1. The molecule has 49 heavy (non-hydrogen) atoms. The van der Waals surface area contributed by atoms with Crippen LogP contribution in [0.5, 0.6) is 0 Å². The van der Waals surface area contributed by atoms with Crippen LogP contribution in [0.4, 0.5) is 11.4 Å². The van der Waals surface area contributed by atoms with E-state index >= 15 is 0 Å². The summed E-state index contributed by atoms with van der Waals surface area (Å²) in [4.78, 5) is 12.7. The fourth-order valence-electron chi connectivity index (χ4n) is 8.25. The second-order valence-corrected chi connectivity index (χ2v) is 14.6. The summed E-state index contributed by atoms with van der Waals surface area (Å²) in [6, 6.07) is 8.83. The summed E-state index contributed by atoms with van der Waals surface area (Å²) in [7, 11) is 3.95. The Hall–Kier alpha value is -3.54. The molecule has 1 saturated heterocycles. The molecule has 0 aliphatic carbocycles. The molecule has 1 unspecified atom stereocenters. The van der Waals surface area contributed by atoms with Crippen molar-refractivity contribution in [3.8, 4) is 6.07 Å². The SMILES string of the molecule is C=C(c1nn2c(c1Cl)CN(c1cc(CCC3(CC)CCCN3CC)nc(Cc3c(CCC)ccc(N)c3C#N)c1CCC)CCC2)N(C)C. The van der Waals surface area contributed by atoms with E-state index in [2.05, 4.69) is 67.0 Å². The van der Waals surface area contributed by atoms with Crippen LogP contribution in [-0.4, -0.2) is 63.8 Å². The highest BCUT2D eigenvalue weighted by molar-refractivity contribution is 6.32. The lowest BCUT2D eigenvalue weighted by molar-refractivity contribution is 0.128. The Morgan fingerprint density at radius 2 is 1.84 bits per heavy atom. The molecule has 0 radical (unpaired) electrons. The Labute approximate surface area is 299 Å². The van der Waals surface area contributed by atoms with Gasteiger partial charge in [-0.15, -0.1) is 0 Å². The highest BCUT2D eigenvalue weighted by Crippen LogP contribution is 2.38. The van der Waals surface area contributed by atoms with E-state index in [0.717, 1.165) is 105 Å². The monoisotopic (exact) mass is 684 g/mol. The smallest absolute Gasteiger partial charge is 0.127 e. The molecule has 5 rings (SSSR count). The molecule has 0 saturated carbocycles. The molecule has 1 atom stereocenters. The van der Waals surface area contributed by atoms with Gasteiger partial charge in [0.25, 0.3) is 0 Å². The average molecular weight is 685 g/mol. The van der Waals surface area contributed by atoms with Crippen LogP contribution in [0.3, 0.4) is 0 Å². The molecular weight excluding hydrogens is 628 g/mol. The molecule has 0 amide bonds. The molecule has 1 fully saturated rings. The average Bonchev–Trinajstić information content (AvgIpc) is 3.57. The molecule has 9 heteroatoms. The van der Waals surface area contributed by atoms with Gasteiger partial charge in [0.05, 0.1) is 34.2 Å². The van der Waals surface area contributed by atoms with Gasteiger partial charge < -0.3 is 15.5 Å². The number of nitrogens with zero attached hydrogens (tertiary/aromatic N) is 7. The first kappa shape index (κ1) is 36.7. The zero-order valence-corrected chi connectivity index (χ0v) is 31.6. The molecule has 2 aliphatic rings.